The predicted octanol–water partition coefficient (Wildman–Crippen LogP) is 3.63. The average molecular weight is 398 g/mol. The third kappa shape index (κ3) is 3.60. The standard InChI is InChI=1S/C19H20BrN5/c1-24(11-15-5-2-4-14-8-9-21-19(14)15)12-17-13-25(23-22-17)18-7-3-6-16(20)10-18/h2-7,10,13,21H,8-9,11-12H2,1H3. The highest BCUT2D eigenvalue weighted by Gasteiger charge is 2.15. The second-order valence-electron chi connectivity index (χ2n) is 6.43. The van der Waals surface area contributed by atoms with Crippen LogP contribution in [0.2, 0.25) is 0 Å². The van der Waals surface area contributed by atoms with Crippen LogP contribution in [0.4, 0.5) is 5.69 Å². The Morgan fingerprint density at radius 3 is 2.96 bits per heavy atom. The monoisotopic (exact) mass is 397 g/mol. The number of para-hydroxylation sites is 1. The number of fused-ring (bicyclic) bond motifs is 1. The molecular formula is C19H20BrN5. The van der Waals surface area contributed by atoms with Crippen LogP contribution in [0.5, 0.6) is 0 Å². The Labute approximate surface area is 155 Å². The maximum Gasteiger partial charge on any atom is 0.0971 e. The van der Waals surface area contributed by atoms with Crippen LogP contribution in [0.25, 0.3) is 5.69 Å². The summed E-state index contributed by atoms with van der Waals surface area (Å²) in [4.78, 5) is 2.27. The molecule has 5 nitrogen and oxygen atoms in total. The Balaban J connectivity index is 1.45. The molecule has 0 unspecified atom stereocenters. The third-order valence-corrected chi connectivity index (χ3v) is 4.91. The van der Waals surface area contributed by atoms with Gasteiger partial charge in [0, 0.05) is 29.8 Å². The number of halogens is 1. The lowest BCUT2D eigenvalue weighted by Crippen LogP contribution is -2.18. The molecule has 0 saturated heterocycles. The normalized spacial score (nSPS) is 13.1. The minimum atomic E-state index is 0.762. The van der Waals surface area contributed by atoms with Gasteiger partial charge in [0.1, 0.15) is 0 Å². The molecule has 0 radical (unpaired) electrons. The number of nitrogens with one attached hydrogen (secondary N) is 1. The number of hydrogen-bond acceptors (Lipinski definition) is 4. The fourth-order valence-electron chi connectivity index (χ4n) is 3.28. The SMILES string of the molecule is CN(Cc1cn(-c2cccc(Br)c2)nn1)Cc1cccc2c1NCC2. The molecule has 3 aromatic rings. The molecule has 1 aliphatic rings. The zero-order chi connectivity index (χ0) is 17.2. The van der Waals surface area contributed by atoms with E-state index in [-0.39, 0.29) is 0 Å². The molecule has 4 rings (SSSR count). The van der Waals surface area contributed by atoms with Crippen LogP contribution in [-0.2, 0) is 19.5 Å². The molecule has 0 bridgehead atoms. The van der Waals surface area contributed by atoms with Crippen molar-refractivity contribution in [3.05, 3.63) is 70.0 Å². The predicted molar refractivity (Wildman–Crippen MR) is 103 cm³/mol. The molecule has 2 heterocycles. The van der Waals surface area contributed by atoms with E-state index in [1.54, 1.807) is 0 Å². The van der Waals surface area contributed by atoms with Crippen molar-refractivity contribution in [3.8, 4) is 5.69 Å². The largest absolute Gasteiger partial charge is 0.384 e. The lowest BCUT2D eigenvalue weighted by atomic mass is 10.1. The van der Waals surface area contributed by atoms with E-state index < -0.39 is 0 Å². The Kier molecular flexibility index (Phi) is 4.55. The maximum atomic E-state index is 4.32. The number of anilines is 1. The summed E-state index contributed by atoms with van der Waals surface area (Å²) in [5.41, 5.74) is 6.04. The van der Waals surface area contributed by atoms with E-state index in [1.165, 1.54) is 16.8 Å². The number of nitrogens with zero attached hydrogens (tertiary/aromatic N) is 4. The topological polar surface area (TPSA) is 46.0 Å². The second-order valence-corrected chi connectivity index (χ2v) is 7.35. The summed E-state index contributed by atoms with van der Waals surface area (Å²) < 4.78 is 2.85. The van der Waals surface area contributed by atoms with Crippen LogP contribution in [0.1, 0.15) is 16.8 Å². The van der Waals surface area contributed by atoms with E-state index in [0.29, 0.717) is 0 Å². The molecule has 1 aliphatic heterocycles. The molecule has 0 spiro atoms. The molecule has 128 valence electrons. The summed E-state index contributed by atoms with van der Waals surface area (Å²) in [6.07, 6.45) is 3.11. The minimum absolute atomic E-state index is 0.762. The first-order valence-corrected chi connectivity index (χ1v) is 9.19. The van der Waals surface area contributed by atoms with E-state index >= 15 is 0 Å². The van der Waals surface area contributed by atoms with Gasteiger partial charge in [-0.05, 0) is 42.8 Å². The molecule has 0 fully saturated rings. The zero-order valence-electron chi connectivity index (χ0n) is 14.1. The summed E-state index contributed by atoms with van der Waals surface area (Å²) in [5, 5.41) is 12.1. The van der Waals surface area contributed by atoms with Gasteiger partial charge in [0.15, 0.2) is 0 Å². The highest BCUT2D eigenvalue weighted by atomic mass is 79.9. The fourth-order valence-corrected chi connectivity index (χ4v) is 3.67. The first-order chi connectivity index (χ1) is 12.2. The van der Waals surface area contributed by atoms with Crippen LogP contribution < -0.4 is 5.32 Å². The molecule has 0 saturated carbocycles. The van der Waals surface area contributed by atoms with Gasteiger partial charge in [0.05, 0.1) is 17.6 Å². The molecule has 1 aromatic heterocycles. The molecule has 0 atom stereocenters. The van der Waals surface area contributed by atoms with Crippen molar-refractivity contribution in [1.29, 1.82) is 0 Å². The van der Waals surface area contributed by atoms with Gasteiger partial charge in [-0.15, -0.1) is 5.10 Å². The summed E-state index contributed by atoms with van der Waals surface area (Å²) in [6.45, 7) is 2.69. The maximum absolute atomic E-state index is 4.32. The van der Waals surface area contributed by atoms with E-state index in [1.807, 2.05) is 35.1 Å². The van der Waals surface area contributed by atoms with Gasteiger partial charge in [-0.1, -0.05) is 45.4 Å². The first-order valence-electron chi connectivity index (χ1n) is 8.39. The molecular weight excluding hydrogens is 378 g/mol. The van der Waals surface area contributed by atoms with Crippen LogP contribution in [0.15, 0.2) is 53.1 Å². The third-order valence-electron chi connectivity index (χ3n) is 4.42. The number of benzene rings is 2. The van der Waals surface area contributed by atoms with E-state index in [4.69, 9.17) is 0 Å². The van der Waals surface area contributed by atoms with Gasteiger partial charge in [-0.25, -0.2) is 4.68 Å². The minimum Gasteiger partial charge on any atom is -0.384 e. The Bertz CT molecular complexity index is 889. The van der Waals surface area contributed by atoms with Gasteiger partial charge >= 0.3 is 0 Å². The van der Waals surface area contributed by atoms with Crippen molar-refractivity contribution < 1.29 is 0 Å². The molecule has 0 aliphatic carbocycles. The summed E-state index contributed by atoms with van der Waals surface area (Å²) >= 11 is 3.49. The van der Waals surface area contributed by atoms with Gasteiger partial charge in [-0.3, -0.25) is 4.90 Å². The molecule has 25 heavy (non-hydrogen) atoms. The van der Waals surface area contributed by atoms with E-state index in [2.05, 4.69) is 61.7 Å². The Hall–Kier alpha value is -2.18. The summed E-state index contributed by atoms with van der Waals surface area (Å²) in [7, 11) is 2.12. The second kappa shape index (κ2) is 6.98. The first kappa shape index (κ1) is 16.3. The lowest BCUT2D eigenvalue weighted by molar-refractivity contribution is 0.315. The highest BCUT2D eigenvalue weighted by molar-refractivity contribution is 9.10. The van der Waals surface area contributed by atoms with Crippen molar-refractivity contribution >= 4 is 21.6 Å². The molecule has 1 N–H and O–H groups in total. The van der Waals surface area contributed by atoms with Crippen molar-refractivity contribution in [2.45, 2.75) is 19.5 Å². The molecule has 2 aromatic carbocycles. The van der Waals surface area contributed by atoms with Crippen molar-refractivity contribution in [3.63, 3.8) is 0 Å². The highest BCUT2D eigenvalue weighted by Crippen LogP contribution is 2.27. The number of hydrogen-bond donors (Lipinski definition) is 1. The number of aromatic nitrogens is 3. The van der Waals surface area contributed by atoms with Crippen LogP contribution in [0.3, 0.4) is 0 Å². The van der Waals surface area contributed by atoms with Gasteiger partial charge < -0.3 is 5.32 Å². The van der Waals surface area contributed by atoms with Crippen LogP contribution in [-0.4, -0.2) is 33.5 Å². The van der Waals surface area contributed by atoms with Gasteiger partial charge in [0.25, 0.3) is 0 Å². The van der Waals surface area contributed by atoms with Crippen LogP contribution in [0, 0.1) is 0 Å². The quantitative estimate of drug-likeness (QED) is 0.713. The summed E-state index contributed by atoms with van der Waals surface area (Å²) in [5.74, 6) is 0. The fraction of sp³-hybridized carbons (Fsp3) is 0.263. The smallest absolute Gasteiger partial charge is 0.0971 e. The lowest BCUT2D eigenvalue weighted by Gasteiger charge is -2.17. The molecule has 6 heteroatoms. The van der Waals surface area contributed by atoms with Gasteiger partial charge in [0.2, 0.25) is 0 Å². The average Bonchev–Trinajstić information content (AvgIpc) is 3.24. The van der Waals surface area contributed by atoms with Crippen molar-refractivity contribution in [2.75, 3.05) is 18.9 Å². The van der Waals surface area contributed by atoms with E-state index in [9.17, 15) is 0 Å². The zero-order valence-corrected chi connectivity index (χ0v) is 15.7. The number of rotatable bonds is 5. The van der Waals surface area contributed by atoms with Gasteiger partial charge in [-0.2, -0.15) is 0 Å². The van der Waals surface area contributed by atoms with E-state index in [0.717, 1.165) is 41.9 Å². The van der Waals surface area contributed by atoms with Crippen LogP contribution >= 0.6 is 15.9 Å². The summed E-state index contributed by atoms with van der Waals surface area (Å²) in [6, 6.07) is 14.6. The van der Waals surface area contributed by atoms with Crippen molar-refractivity contribution in [1.82, 2.24) is 19.9 Å². The Morgan fingerprint density at radius 2 is 2.08 bits per heavy atom. The van der Waals surface area contributed by atoms with Crippen molar-refractivity contribution in [2.24, 2.45) is 0 Å². The molecule has 0 amide bonds. The Morgan fingerprint density at radius 1 is 1.20 bits per heavy atom.